The summed E-state index contributed by atoms with van der Waals surface area (Å²) in [4.78, 5) is 24.0. The Hall–Kier alpha value is -1.55. The van der Waals surface area contributed by atoms with E-state index in [9.17, 15) is 24.2 Å². The van der Waals surface area contributed by atoms with Gasteiger partial charge in [0.15, 0.2) is 6.23 Å². The zero-order valence-electron chi connectivity index (χ0n) is 11.3. The molecule has 21 heavy (non-hydrogen) atoms. The van der Waals surface area contributed by atoms with Gasteiger partial charge < -0.3 is 20.1 Å². The zero-order chi connectivity index (χ0) is 15.7. The molecule has 0 radical (unpaired) electrons. The molecule has 118 valence electrons. The van der Waals surface area contributed by atoms with Crippen LogP contribution >= 0.6 is 0 Å². The Kier molecular flexibility index (Phi) is 4.57. The molecule has 1 aliphatic rings. The van der Waals surface area contributed by atoms with E-state index in [-0.39, 0.29) is 5.56 Å². The monoisotopic (exact) mass is 304 g/mol. The summed E-state index contributed by atoms with van der Waals surface area (Å²) in [5.74, 6) is 0. The van der Waals surface area contributed by atoms with Crippen LogP contribution in [0.2, 0.25) is 0 Å². The van der Waals surface area contributed by atoms with Gasteiger partial charge in [-0.05, 0) is 6.92 Å². The van der Waals surface area contributed by atoms with Crippen LogP contribution in [0.15, 0.2) is 15.8 Å². The van der Waals surface area contributed by atoms with Crippen molar-refractivity contribution in [3.05, 3.63) is 32.6 Å². The van der Waals surface area contributed by atoms with E-state index in [1.165, 1.54) is 13.1 Å². The molecule has 0 aliphatic carbocycles. The van der Waals surface area contributed by atoms with Crippen molar-refractivity contribution in [2.75, 3.05) is 13.3 Å². The smallest absolute Gasteiger partial charge is 0.333 e. The van der Waals surface area contributed by atoms with Gasteiger partial charge in [0.25, 0.3) is 5.56 Å². The van der Waals surface area contributed by atoms with Crippen molar-refractivity contribution in [1.82, 2.24) is 9.13 Å². The molecule has 2 rings (SSSR count). The van der Waals surface area contributed by atoms with Crippen LogP contribution in [-0.2, 0) is 11.3 Å². The fourth-order valence-electron chi connectivity index (χ4n) is 2.33. The first-order valence-electron chi connectivity index (χ1n) is 6.43. The lowest BCUT2D eigenvalue weighted by Crippen LogP contribution is -2.44. The van der Waals surface area contributed by atoms with E-state index >= 15 is 0 Å². The van der Waals surface area contributed by atoms with Gasteiger partial charge in [-0.1, -0.05) is 0 Å². The molecule has 3 N–H and O–H groups in total. The number of aromatic nitrogens is 2. The van der Waals surface area contributed by atoms with E-state index in [2.05, 4.69) is 0 Å². The van der Waals surface area contributed by atoms with Crippen molar-refractivity contribution in [1.29, 1.82) is 0 Å². The van der Waals surface area contributed by atoms with Crippen LogP contribution in [0.3, 0.4) is 0 Å². The summed E-state index contributed by atoms with van der Waals surface area (Å²) < 4.78 is 19.3. The highest BCUT2D eigenvalue weighted by atomic mass is 19.1. The maximum Gasteiger partial charge on any atom is 0.333 e. The molecule has 1 saturated heterocycles. The number of ether oxygens (including phenoxy) is 1. The van der Waals surface area contributed by atoms with Crippen LogP contribution in [0.1, 0.15) is 11.8 Å². The third kappa shape index (κ3) is 2.64. The second kappa shape index (κ2) is 6.06. The summed E-state index contributed by atoms with van der Waals surface area (Å²) in [6.07, 6.45) is -3.93. The van der Waals surface area contributed by atoms with Crippen LogP contribution in [0, 0.1) is 6.92 Å². The Morgan fingerprint density at radius 3 is 2.52 bits per heavy atom. The topological polar surface area (TPSA) is 114 Å². The molecule has 0 amide bonds. The Balaban J connectivity index is 2.50. The van der Waals surface area contributed by atoms with Gasteiger partial charge in [-0.3, -0.25) is 13.9 Å². The van der Waals surface area contributed by atoms with Crippen molar-refractivity contribution in [3.8, 4) is 0 Å². The summed E-state index contributed by atoms with van der Waals surface area (Å²) in [6.45, 7) is -0.399. The highest BCUT2D eigenvalue weighted by Gasteiger charge is 2.44. The van der Waals surface area contributed by atoms with Gasteiger partial charge in [0, 0.05) is 11.8 Å². The first-order chi connectivity index (χ1) is 9.92. The lowest BCUT2D eigenvalue weighted by atomic mass is 10.1. The first kappa shape index (κ1) is 15.8. The number of aliphatic hydroxyl groups is 3. The van der Waals surface area contributed by atoms with Crippen LogP contribution in [-0.4, -0.2) is 56.0 Å². The van der Waals surface area contributed by atoms with Crippen LogP contribution < -0.4 is 11.2 Å². The molecule has 2 heterocycles. The minimum absolute atomic E-state index is 0.167. The molecule has 1 aliphatic heterocycles. The number of alkyl halides is 1. The quantitative estimate of drug-likeness (QED) is 0.587. The number of nitrogens with zero attached hydrogens (tertiary/aromatic N) is 2. The van der Waals surface area contributed by atoms with E-state index in [0.29, 0.717) is 4.57 Å². The normalized spacial score (nSPS) is 29.0. The number of hydrogen-bond acceptors (Lipinski definition) is 6. The Morgan fingerprint density at radius 2 is 2.00 bits per heavy atom. The second-order valence-electron chi connectivity index (χ2n) is 4.88. The van der Waals surface area contributed by atoms with Gasteiger partial charge in [0.2, 0.25) is 0 Å². The fourth-order valence-corrected chi connectivity index (χ4v) is 2.33. The van der Waals surface area contributed by atoms with Gasteiger partial charge in [-0.25, -0.2) is 9.18 Å². The highest BCUT2D eigenvalue weighted by Crippen LogP contribution is 2.27. The van der Waals surface area contributed by atoms with E-state index in [4.69, 9.17) is 9.84 Å². The molecule has 8 nitrogen and oxygen atoms in total. The molecule has 0 unspecified atom stereocenters. The molecule has 1 fully saturated rings. The summed E-state index contributed by atoms with van der Waals surface area (Å²) in [6, 6.07) is 0. The van der Waals surface area contributed by atoms with Crippen LogP contribution in [0.25, 0.3) is 0 Å². The molecular weight excluding hydrogens is 287 g/mol. The minimum Gasteiger partial charge on any atom is -0.394 e. The molecular formula is C12H17FN2O6. The number of hydrogen-bond donors (Lipinski definition) is 3. The van der Waals surface area contributed by atoms with Gasteiger partial charge in [0.1, 0.15) is 25.0 Å². The summed E-state index contributed by atoms with van der Waals surface area (Å²) in [5, 5.41) is 28.6. The fraction of sp³-hybridized carbons (Fsp3) is 0.667. The average Bonchev–Trinajstić information content (AvgIpc) is 2.75. The largest absolute Gasteiger partial charge is 0.394 e. The average molecular weight is 304 g/mol. The molecule has 9 heteroatoms. The zero-order valence-corrected chi connectivity index (χ0v) is 11.3. The van der Waals surface area contributed by atoms with Crippen LogP contribution in [0.4, 0.5) is 4.39 Å². The van der Waals surface area contributed by atoms with Gasteiger partial charge in [0.05, 0.1) is 13.2 Å². The standard InChI is InChI=1S/C12H17FN2O6/c1-6-4-15(12(20)14(3-2-13)10(6)19)11-9(18)8(17)7(5-16)21-11/h4,7-9,11,16-18H,2-3,5H2,1H3/t7-,8+,9+,11-/m0/s1. The molecule has 0 bridgehead atoms. The van der Waals surface area contributed by atoms with Gasteiger partial charge >= 0.3 is 5.69 Å². The lowest BCUT2D eigenvalue weighted by Gasteiger charge is -2.19. The molecule has 1 aromatic heterocycles. The van der Waals surface area contributed by atoms with E-state index < -0.39 is 55.6 Å². The Bertz CT molecular complexity index is 627. The number of aryl methyl sites for hydroxylation is 1. The van der Waals surface area contributed by atoms with Crippen molar-refractivity contribution in [2.45, 2.75) is 38.0 Å². The van der Waals surface area contributed by atoms with Crippen LogP contribution in [0.5, 0.6) is 0 Å². The highest BCUT2D eigenvalue weighted by molar-refractivity contribution is 5.05. The lowest BCUT2D eigenvalue weighted by molar-refractivity contribution is -0.0557. The number of rotatable bonds is 4. The van der Waals surface area contributed by atoms with Gasteiger partial charge in [-0.2, -0.15) is 0 Å². The van der Waals surface area contributed by atoms with E-state index in [1.54, 1.807) is 0 Å². The number of aliphatic hydroxyl groups excluding tert-OH is 3. The maximum atomic E-state index is 12.5. The van der Waals surface area contributed by atoms with Gasteiger partial charge in [-0.15, -0.1) is 0 Å². The van der Waals surface area contributed by atoms with Crippen molar-refractivity contribution in [3.63, 3.8) is 0 Å². The summed E-state index contributed by atoms with van der Waals surface area (Å²) >= 11 is 0. The van der Waals surface area contributed by atoms with Crippen molar-refractivity contribution in [2.24, 2.45) is 0 Å². The molecule has 0 saturated carbocycles. The third-order valence-corrected chi connectivity index (χ3v) is 3.47. The Morgan fingerprint density at radius 1 is 1.33 bits per heavy atom. The maximum absolute atomic E-state index is 12.5. The molecule has 0 spiro atoms. The van der Waals surface area contributed by atoms with E-state index in [0.717, 1.165) is 4.57 Å². The Labute approximate surface area is 118 Å². The third-order valence-electron chi connectivity index (χ3n) is 3.47. The molecule has 0 aromatic carbocycles. The predicted octanol–water partition coefficient (Wildman–Crippen LogP) is -2.10. The summed E-state index contributed by atoms with van der Waals surface area (Å²) in [5.41, 5.74) is -1.31. The second-order valence-corrected chi connectivity index (χ2v) is 4.88. The molecule has 1 aromatic rings. The SMILES string of the molecule is Cc1cn([C@H]2O[C@@H](CO)[C@@H](O)[C@H]2O)c(=O)n(CCF)c1=O. The van der Waals surface area contributed by atoms with Crippen molar-refractivity contribution >= 4 is 0 Å². The summed E-state index contributed by atoms with van der Waals surface area (Å²) in [7, 11) is 0. The first-order valence-corrected chi connectivity index (χ1v) is 6.43. The minimum atomic E-state index is -1.45. The molecule has 4 atom stereocenters. The van der Waals surface area contributed by atoms with E-state index in [1.807, 2.05) is 0 Å². The predicted molar refractivity (Wildman–Crippen MR) is 68.7 cm³/mol. The van der Waals surface area contributed by atoms with Crippen molar-refractivity contribution < 1.29 is 24.4 Å². The number of halogens is 1.